The van der Waals surface area contributed by atoms with E-state index in [1.807, 2.05) is 13.8 Å². The molecule has 1 rings (SSSR count). The fourth-order valence-corrected chi connectivity index (χ4v) is 1.85. The number of ether oxygens (including phenoxy) is 1. The molecule has 1 aromatic rings. The van der Waals surface area contributed by atoms with Crippen LogP contribution in [0.4, 0.5) is 0 Å². The number of rotatable bonds is 4. The van der Waals surface area contributed by atoms with Gasteiger partial charge in [0.25, 0.3) is 0 Å². The second-order valence-corrected chi connectivity index (χ2v) is 4.49. The number of pyridine rings is 1. The van der Waals surface area contributed by atoms with E-state index in [0.29, 0.717) is 10.0 Å². The third kappa shape index (κ3) is 4.53. The minimum atomic E-state index is -0.253. The smallest absolute Gasteiger partial charge is 0.316 e. The molecule has 1 aromatic heterocycles. The molecule has 0 saturated heterocycles. The third-order valence-electron chi connectivity index (χ3n) is 1.42. The van der Waals surface area contributed by atoms with Gasteiger partial charge in [0.2, 0.25) is 0 Å². The van der Waals surface area contributed by atoms with Gasteiger partial charge in [0.05, 0.1) is 16.9 Å². The number of carbonyl (C=O) groups excluding carboxylic acids is 1. The summed E-state index contributed by atoms with van der Waals surface area (Å²) < 4.78 is 4.98. The van der Waals surface area contributed by atoms with Gasteiger partial charge >= 0.3 is 5.97 Å². The van der Waals surface area contributed by atoms with E-state index < -0.39 is 0 Å². The Kier molecular flexibility index (Phi) is 4.91. The second-order valence-electron chi connectivity index (χ2n) is 3.12. The minimum Gasteiger partial charge on any atom is -0.462 e. The number of halogens is 1. The lowest BCUT2D eigenvalue weighted by Gasteiger charge is -2.07. The molecular formula is C10H12ClNO2S. The summed E-state index contributed by atoms with van der Waals surface area (Å²) in [4.78, 5) is 15.3. The first-order chi connectivity index (χ1) is 7.09. The maximum absolute atomic E-state index is 11.2. The van der Waals surface area contributed by atoms with E-state index in [1.54, 1.807) is 18.3 Å². The molecule has 0 spiro atoms. The van der Waals surface area contributed by atoms with Crippen LogP contribution in [-0.2, 0) is 9.53 Å². The van der Waals surface area contributed by atoms with E-state index in [-0.39, 0.29) is 17.8 Å². The first-order valence-corrected chi connectivity index (χ1v) is 5.88. The number of esters is 1. The van der Waals surface area contributed by atoms with Crippen LogP contribution >= 0.6 is 23.4 Å². The largest absolute Gasteiger partial charge is 0.462 e. The highest BCUT2D eigenvalue weighted by molar-refractivity contribution is 8.00. The van der Waals surface area contributed by atoms with Crippen molar-refractivity contribution in [2.45, 2.75) is 25.0 Å². The van der Waals surface area contributed by atoms with Crippen LogP contribution in [0.3, 0.4) is 0 Å². The first-order valence-electron chi connectivity index (χ1n) is 4.52. The van der Waals surface area contributed by atoms with Crippen molar-refractivity contribution < 1.29 is 9.53 Å². The van der Waals surface area contributed by atoms with E-state index in [1.165, 1.54) is 11.8 Å². The number of hydrogen-bond donors (Lipinski definition) is 0. The van der Waals surface area contributed by atoms with E-state index in [0.717, 1.165) is 0 Å². The van der Waals surface area contributed by atoms with Crippen LogP contribution in [0.25, 0.3) is 0 Å². The Morgan fingerprint density at radius 3 is 3.00 bits per heavy atom. The van der Waals surface area contributed by atoms with Gasteiger partial charge in [-0.1, -0.05) is 23.4 Å². The molecule has 0 unspecified atom stereocenters. The summed E-state index contributed by atoms with van der Waals surface area (Å²) >= 11 is 7.16. The van der Waals surface area contributed by atoms with Crippen LogP contribution in [0.5, 0.6) is 0 Å². The summed E-state index contributed by atoms with van der Waals surface area (Å²) in [7, 11) is 0. The lowest BCUT2D eigenvalue weighted by atomic mass is 10.5. The van der Waals surface area contributed by atoms with Gasteiger partial charge in [-0.3, -0.25) is 4.79 Å². The van der Waals surface area contributed by atoms with E-state index in [4.69, 9.17) is 16.3 Å². The van der Waals surface area contributed by atoms with Gasteiger partial charge in [-0.15, -0.1) is 0 Å². The zero-order chi connectivity index (χ0) is 11.3. The van der Waals surface area contributed by atoms with Gasteiger partial charge in [-0.2, -0.15) is 0 Å². The van der Waals surface area contributed by atoms with Crippen LogP contribution in [0, 0.1) is 0 Å². The van der Waals surface area contributed by atoms with Crippen LogP contribution in [-0.4, -0.2) is 22.8 Å². The van der Waals surface area contributed by atoms with Gasteiger partial charge in [0, 0.05) is 6.20 Å². The Labute approximate surface area is 98.2 Å². The molecule has 0 aromatic carbocycles. The Balaban J connectivity index is 2.44. The Bertz CT molecular complexity index is 344. The van der Waals surface area contributed by atoms with Crippen LogP contribution in [0.15, 0.2) is 23.4 Å². The SMILES string of the molecule is CC(C)OC(=O)CSc1ncccc1Cl. The second kappa shape index (κ2) is 5.98. The lowest BCUT2D eigenvalue weighted by molar-refractivity contribution is -0.144. The molecule has 0 N–H and O–H groups in total. The third-order valence-corrected chi connectivity index (χ3v) is 2.81. The molecule has 3 nitrogen and oxygen atoms in total. The fourth-order valence-electron chi connectivity index (χ4n) is 0.902. The summed E-state index contributed by atoms with van der Waals surface area (Å²) in [5, 5.41) is 1.21. The molecule has 0 saturated carbocycles. The maximum atomic E-state index is 11.2. The van der Waals surface area contributed by atoms with Crippen molar-refractivity contribution in [1.82, 2.24) is 4.98 Å². The quantitative estimate of drug-likeness (QED) is 0.604. The normalized spacial score (nSPS) is 10.4. The number of nitrogens with zero attached hydrogens (tertiary/aromatic N) is 1. The van der Waals surface area contributed by atoms with Crippen LogP contribution in [0.1, 0.15) is 13.8 Å². The van der Waals surface area contributed by atoms with Gasteiger partial charge in [0.15, 0.2) is 0 Å². The van der Waals surface area contributed by atoms with Crippen molar-refractivity contribution in [2.24, 2.45) is 0 Å². The summed E-state index contributed by atoms with van der Waals surface area (Å²) in [6.45, 7) is 3.63. The number of hydrogen-bond acceptors (Lipinski definition) is 4. The molecule has 5 heteroatoms. The Morgan fingerprint density at radius 1 is 1.67 bits per heavy atom. The molecule has 0 radical (unpaired) electrons. The predicted molar refractivity (Wildman–Crippen MR) is 61.2 cm³/mol. The molecule has 0 atom stereocenters. The van der Waals surface area contributed by atoms with Crippen LogP contribution < -0.4 is 0 Å². The molecule has 0 aliphatic carbocycles. The molecule has 15 heavy (non-hydrogen) atoms. The van der Waals surface area contributed by atoms with Gasteiger partial charge in [-0.05, 0) is 26.0 Å². The Hall–Kier alpha value is -0.740. The number of aromatic nitrogens is 1. The zero-order valence-electron chi connectivity index (χ0n) is 8.57. The first kappa shape index (κ1) is 12.3. The van der Waals surface area contributed by atoms with Crippen LogP contribution in [0.2, 0.25) is 5.02 Å². The molecular weight excluding hydrogens is 234 g/mol. The number of thioether (sulfide) groups is 1. The number of carbonyl (C=O) groups is 1. The van der Waals surface area contributed by atoms with E-state index in [2.05, 4.69) is 4.98 Å². The van der Waals surface area contributed by atoms with Crippen molar-refractivity contribution >= 4 is 29.3 Å². The monoisotopic (exact) mass is 245 g/mol. The standard InChI is InChI=1S/C10H12ClNO2S/c1-7(2)14-9(13)6-15-10-8(11)4-3-5-12-10/h3-5,7H,6H2,1-2H3. The maximum Gasteiger partial charge on any atom is 0.316 e. The minimum absolute atomic E-state index is 0.0858. The molecule has 1 heterocycles. The molecule has 0 bridgehead atoms. The molecule has 0 aliphatic heterocycles. The average molecular weight is 246 g/mol. The summed E-state index contributed by atoms with van der Waals surface area (Å²) in [6.07, 6.45) is 1.56. The molecule has 0 fully saturated rings. The topological polar surface area (TPSA) is 39.2 Å². The lowest BCUT2D eigenvalue weighted by Crippen LogP contribution is -2.13. The average Bonchev–Trinajstić information content (AvgIpc) is 2.15. The van der Waals surface area contributed by atoms with E-state index >= 15 is 0 Å². The molecule has 0 amide bonds. The van der Waals surface area contributed by atoms with Crippen molar-refractivity contribution in [2.75, 3.05) is 5.75 Å². The summed E-state index contributed by atoms with van der Waals surface area (Å²) in [5.41, 5.74) is 0. The highest BCUT2D eigenvalue weighted by Gasteiger charge is 2.08. The fraction of sp³-hybridized carbons (Fsp3) is 0.400. The molecule has 82 valence electrons. The van der Waals surface area contributed by atoms with E-state index in [9.17, 15) is 4.79 Å². The van der Waals surface area contributed by atoms with Crippen molar-refractivity contribution in [1.29, 1.82) is 0 Å². The predicted octanol–water partition coefficient (Wildman–Crippen LogP) is 2.78. The highest BCUT2D eigenvalue weighted by atomic mass is 35.5. The van der Waals surface area contributed by atoms with Gasteiger partial charge in [-0.25, -0.2) is 4.98 Å². The summed E-state index contributed by atoms with van der Waals surface area (Å²) in [5.74, 6) is -0.0220. The van der Waals surface area contributed by atoms with Crippen molar-refractivity contribution in [3.63, 3.8) is 0 Å². The van der Waals surface area contributed by atoms with Crippen molar-refractivity contribution in [3.05, 3.63) is 23.4 Å². The Morgan fingerprint density at radius 2 is 2.40 bits per heavy atom. The van der Waals surface area contributed by atoms with Crippen molar-refractivity contribution in [3.8, 4) is 0 Å². The molecule has 0 aliphatic rings. The van der Waals surface area contributed by atoms with Gasteiger partial charge < -0.3 is 4.74 Å². The zero-order valence-corrected chi connectivity index (χ0v) is 10.1. The van der Waals surface area contributed by atoms with Gasteiger partial charge in [0.1, 0.15) is 5.03 Å². The summed E-state index contributed by atoms with van der Waals surface area (Å²) in [6, 6.07) is 3.49. The highest BCUT2D eigenvalue weighted by Crippen LogP contribution is 2.23.